The van der Waals surface area contributed by atoms with Crippen LogP contribution < -0.4 is 10.1 Å². The van der Waals surface area contributed by atoms with Gasteiger partial charge in [0.2, 0.25) is 5.95 Å². The first kappa shape index (κ1) is 17.6. The van der Waals surface area contributed by atoms with Crippen molar-refractivity contribution in [2.45, 2.75) is 19.6 Å². The van der Waals surface area contributed by atoms with E-state index in [2.05, 4.69) is 26.7 Å². The molecule has 0 bridgehead atoms. The van der Waals surface area contributed by atoms with Crippen LogP contribution in [-0.4, -0.2) is 34.0 Å². The summed E-state index contributed by atoms with van der Waals surface area (Å²) in [6.45, 7) is 2.19. The average molecular weight is 362 g/mol. The molecule has 1 aromatic heterocycles. The summed E-state index contributed by atoms with van der Waals surface area (Å²) in [5.41, 5.74) is 1.04. The molecule has 0 fully saturated rings. The minimum atomic E-state index is -3.01. The van der Waals surface area contributed by atoms with E-state index < -0.39 is 18.6 Å². The van der Waals surface area contributed by atoms with Crippen molar-refractivity contribution in [1.82, 2.24) is 14.8 Å². The zero-order valence-electron chi connectivity index (χ0n) is 13.9. The zero-order chi connectivity index (χ0) is 18.7. The largest absolute Gasteiger partial charge is 0.458 e. The van der Waals surface area contributed by atoms with Crippen molar-refractivity contribution >= 4 is 11.9 Å². The van der Waals surface area contributed by atoms with Gasteiger partial charge in [0.05, 0.1) is 5.57 Å². The first-order valence-corrected chi connectivity index (χ1v) is 7.72. The van der Waals surface area contributed by atoms with Gasteiger partial charge in [-0.3, -0.25) is 0 Å². The number of fused-ring (bicyclic) bond motifs is 1. The number of anilines is 1. The van der Waals surface area contributed by atoms with Gasteiger partial charge in [-0.15, -0.1) is 0 Å². The number of esters is 1. The van der Waals surface area contributed by atoms with Crippen LogP contribution in [0.25, 0.3) is 0 Å². The molecule has 1 aliphatic rings. The maximum Gasteiger partial charge on any atom is 0.387 e. The topological polar surface area (TPSA) is 78.3 Å². The van der Waals surface area contributed by atoms with E-state index in [0.29, 0.717) is 17.2 Å². The maximum atomic E-state index is 12.8. The van der Waals surface area contributed by atoms with Crippen LogP contribution in [0, 0.1) is 0 Å². The summed E-state index contributed by atoms with van der Waals surface area (Å²) in [6.07, 6.45) is 2.74. The zero-order valence-corrected chi connectivity index (χ0v) is 13.9. The Morgan fingerprint density at radius 2 is 2.23 bits per heavy atom. The third-order valence-electron chi connectivity index (χ3n) is 3.78. The lowest BCUT2D eigenvalue weighted by atomic mass is 9.95. The molecule has 1 atom stereocenters. The summed E-state index contributed by atoms with van der Waals surface area (Å²) in [5.74, 6) is -0.301. The number of para-hydroxylation sites is 1. The van der Waals surface area contributed by atoms with Crippen molar-refractivity contribution < 1.29 is 23.0 Å². The van der Waals surface area contributed by atoms with E-state index in [1.807, 2.05) is 0 Å². The van der Waals surface area contributed by atoms with Gasteiger partial charge >= 0.3 is 12.6 Å². The second-order valence-corrected chi connectivity index (χ2v) is 5.40. The molecule has 1 aliphatic heterocycles. The van der Waals surface area contributed by atoms with Crippen molar-refractivity contribution in [2.24, 2.45) is 0 Å². The standard InChI is InChI=1S/C17H16F2N4O3/c1-3-8-25-15(24)13-10(2)22-17-20-9-21-23(17)14(13)11-6-4-5-7-12(11)26-16(18)19/h3-7,9,14,16H,1,8H2,2H3,(H,20,21,22). The van der Waals surface area contributed by atoms with Crippen LogP contribution >= 0.6 is 0 Å². The van der Waals surface area contributed by atoms with Crippen molar-refractivity contribution in [3.05, 3.63) is 60.1 Å². The Balaban J connectivity index is 2.13. The van der Waals surface area contributed by atoms with Crippen molar-refractivity contribution in [3.63, 3.8) is 0 Å². The Bertz CT molecular complexity index is 863. The molecule has 0 radical (unpaired) electrons. The molecule has 2 aromatic rings. The molecule has 0 saturated carbocycles. The smallest absolute Gasteiger partial charge is 0.387 e. The highest BCUT2D eigenvalue weighted by Gasteiger charge is 2.36. The number of aromatic nitrogens is 3. The molecule has 9 heteroatoms. The van der Waals surface area contributed by atoms with Gasteiger partial charge in [-0.05, 0) is 13.0 Å². The van der Waals surface area contributed by atoms with Crippen LogP contribution in [0.2, 0.25) is 0 Å². The number of rotatable bonds is 6. The Morgan fingerprint density at radius 3 is 2.96 bits per heavy atom. The normalized spacial score (nSPS) is 16.1. The van der Waals surface area contributed by atoms with Crippen LogP contribution in [0.3, 0.4) is 0 Å². The van der Waals surface area contributed by atoms with Gasteiger partial charge < -0.3 is 14.8 Å². The predicted molar refractivity (Wildman–Crippen MR) is 88.7 cm³/mol. The minimum Gasteiger partial charge on any atom is -0.458 e. The molecular formula is C17H16F2N4O3. The molecule has 1 N–H and O–H groups in total. The number of carbonyl (C=O) groups excluding carboxylic acids is 1. The maximum absolute atomic E-state index is 12.8. The lowest BCUT2D eigenvalue weighted by Gasteiger charge is -2.29. The fourth-order valence-electron chi connectivity index (χ4n) is 2.76. The van der Waals surface area contributed by atoms with Gasteiger partial charge in [-0.1, -0.05) is 30.9 Å². The monoisotopic (exact) mass is 362 g/mol. The second-order valence-electron chi connectivity index (χ2n) is 5.40. The number of nitrogens with one attached hydrogen (secondary N) is 1. The molecule has 136 valence electrons. The average Bonchev–Trinajstić information content (AvgIpc) is 3.06. The number of hydrogen-bond donors (Lipinski definition) is 1. The van der Waals surface area contributed by atoms with E-state index in [1.54, 1.807) is 25.1 Å². The number of halogens is 2. The highest BCUT2D eigenvalue weighted by Crippen LogP contribution is 2.39. The van der Waals surface area contributed by atoms with Gasteiger partial charge in [0.1, 0.15) is 24.7 Å². The van der Waals surface area contributed by atoms with E-state index >= 15 is 0 Å². The molecule has 0 amide bonds. The molecule has 2 heterocycles. The number of ether oxygens (including phenoxy) is 2. The molecule has 0 saturated heterocycles. The fourth-order valence-corrected chi connectivity index (χ4v) is 2.76. The highest BCUT2D eigenvalue weighted by molar-refractivity contribution is 5.92. The Morgan fingerprint density at radius 1 is 1.46 bits per heavy atom. The van der Waals surface area contributed by atoms with Gasteiger partial charge in [-0.2, -0.15) is 18.9 Å². The van der Waals surface area contributed by atoms with Crippen LogP contribution in [0.4, 0.5) is 14.7 Å². The van der Waals surface area contributed by atoms with E-state index in [9.17, 15) is 13.6 Å². The third-order valence-corrected chi connectivity index (χ3v) is 3.78. The van der Waals surface area contributed by atoms with Crippen LogP contribution in [0.1, 0.15) is 18.5 Å². The summed E-state index contributed by atoms with van der Waals surface area (Å²) in [5, 5.41) is 7.08. The third kappa shape index (κ3) is 3.28. The molecule has 26 heavy (non-hydrogen) atoms. The minimum absolute atomic E-state index is 0.0156. The molecule has 1 unspecified atom stereocenters. The summed E-state index contributed by atoms with van der Waals surface area (Å²) < 4.78 is 36.8. The molecule has 0 spiro atoms. The van der Waals surface area contributed by atoms with Crippen LogP contribution in [-0.2, 0) is 9.53 Å². The van der Waals surface area contributed by atoms with E-state index in [1.165, 1.54) is 23.2 Å². The number of nitrogens with zero attached hydrogens (tertiary/aromatic N) is 3. The molecule has 1 aromatic carbocycles. The Kier molecular flexibility index (Phi) is 4.97. The van der Waals surface area contributed by atoms with E-state index in [0.717, 1.165) is 0 Å². The predicted octanol–water partition coefficient (Wildman–Crippen LogP) is 2.90. The van der Waals surface area contributed by atoms with Crippen LogP contribution in [0.15, 0.2) is 54.5 Å². The lowest BCUT2D eigenvalue weighted by molar-refractivity contribution is -0.138. The SMILES string of the molecule is C=CCOC(=O)C1=C(C)Nc2ncnn2C1c1ccccc1OC(F)F. The van der Waals surface area contributed by atoms with Crippen molar-refractivity contribution in [3.8, 4) is 5.75 Å². The number of hydrogen-bond acceptors (Lipinski definition) is 6. The fraction of sp³-hybridized carbons (Fsp3) is 0.235. The number of allylic oxidation sites excluding steroid dienone is 1. The number of carbonyl (C=O) groups is 1. The van der Waals surface area contributed by atoms with Gasteiger partial charge in [0.15, 0.2) is 0 Å². The summed E-state index contributed by atoms with van der Waals surface area (Å²) in [6, 6.07) is 5.39. The van der Waals surface area contributed by atoms with Gasteiger partial charge in [-0.25, -0.2) is 9.48 Å². The molecule has 7 nitrogen and oxygen atoms in total. The molecular weight excluding hydrogens is 346 g/mol. The van der Waals surface area contributed by atoms with E-state index in [-0.39, 0.29) is 17.9 Å². The summed E-state index contributed by atoms with van der Waals surface area (Å²) in [7, 11) is 0. The first-order valence-electron chi connectivity index (χ1n) is 7.72. The highest BCUT2D eigenvalue weighted by atomic mass is 19.3. The number of alkyl halides is 2. The number of benzene rings is 1. The van der Waals surface area contributed by atoms with Crippen molar-refractivity contribution in [2.75, 3.05) is 11.9 Å². The van der Waals surface area contributed by atoms with Crippen molar-refractivity contribution in [1.29, 1.82) is 0 Å². The van der Waals surface area contributed by atoms with Crippen LogP contribution in [0.5, 0.6) is 5.75 Å². The van der Waals surface area contributed by atoms with Gasteiger partial charge in [0.25, 0.3) is 0 Å². The molecule has 0 aliphatic carbocycles. The first-order chi connectivity index (χ1) is 12.5. The Labute approximate surface area is 147 Å². The summed E-state index contributed by atoms with van der Waals surface area (Å²) in [4.78, 5) is 16.7. The van der Waals surface area contributed by atoms with Gasteiger partial charge in [0, 0.05) is 11.3 Å². The Hall–Kier alpha value is -3.23. The molecule has 3 rings (SSSR count). The lowest BCUT2D eigenvalue weighted by Crippen LogP contribution is -2.30. The quantitative estimate of drug-likeness (QED) is 0.629. The van der Waals surface area contributed by atoms with E-state index in [4.69, 9.17) is 4.74 Å². The second kappa shape index (κ2) is 7.34. The summed E-state index contributed by atoms with van der Waals surface area (Å²) >= 11 is 0.